The first-order valence-electron chi connectivity index (χ1n) is 8.13. The number of aryl methyl sites for hydroxylation is 1. The van der Waals surface area contributed by atoms with Crippen molar-refractivity contribution in [3.8, 4) is 0 Å². The predicted molar refractivity (Wildman–Crippen MR) is 87.4 cm³/mol. The number of benzene rings is 1. The summed E-state index contributed by atoms with van der Waals surface area (Å²) in [5.74, 6) is 0.560. The van der Waals surface area contributed by atoms with E-state index >= 15 is 0 Å². The molecule has 0 saturated carbocycles. The van der Waals surface area contributed by atoms with Gasteiger partial charge in [-0.3, -0.25) is 0 Å². The van der Waals surface area contributed by atoms with Crippen molar-refractivity contribution in [2.24, 2.45) is 0 Å². The fourth-order valence-corrected chi connectivity index (χ4v) is 2.44. The van der Waals surface area contributed by atoms with Crippen LogP contribution in [-0.2, 0) is 4.74 Å². The van der Waals surface area contributed by atoms with E-state index in [0.717, 1.165) is 32.7 Å². The largest absolute Gasteiger partial charge is 0.381 e. The van der Waals surface area contributed by atoms with Crippen molar-refractivity contribution in [2.45, 2.75) is 52.4 Å². The fraction of sp³-hybridized carbons (Fsp3) is 0.667. The molecule has 0 aromatic heterocycles. The minimum atomic E-state index is 0.560. The molecular formula is C18H31NO. The Bertz CT molecular complexity index is 351. The molecular weight excluding hydrogens is 246 g/mol. The summed E-state index contributed by atoms with van der Waals surface area (Å²) in [4.78, 5) is 0. The Kier molecular flexibility index (Phi) is 9.35. The number of unbranched alkanes of at least 4 members (excludes halogenated alkanes) is 1. The first kappa shape index (κ1) is 17.2. The normalized spacial score (nSPS) is 12.6. The third kappa shape index (κ3) is 6.53. The van der Waals surface area contributed by atoms with Crippen LogP contribution in [0.2, 0.25) is 0 Å². The van der Waals surface area contributed by atoms with Crippen LogP contribution in [0.15, 0.2) is 24.3 Å². The van der Waals surface area contributed by atoms with E-state index < -0.39 is 0 Å². The molecule has 1 rings (SSSR count). The van der Waals surface area contributed by atoms with Gasteiger partial charge in [0.05, 0.1) is 0 Å². The number of hydrogen-bond acceptors (Lipinski definition) is 2. The standard InChI is InChI=1S/C18H31NO/c1-4-6-13-20-14-11-17(15-19-12-5-2)18-10-8-7-9-16(18)3/h7-10,17,19H,4-6,11-15H2,1-3H3. The van der Waals surface area contributed by atoms with Gasteiger partial charge in [0.1, 0.15) is 0 Å². The molecule has 0 aliphatic rings. The summed E-state index contributed by atoms with van der Waals surface area (Å²) in [6.07, 6.45) is 4.67. The average molecular weight is 277 g/mol. The summed E-state index contributed by atoms with van der Waals surface area (Å²) in [6, 6.07) is 8.74. The average Bonchev–Trinajstić information content (AvgIpc) is 2.46. The van der Waals surface area contributed by atoms with Crippen LogP contribution in [0.25, 0.3) is 0 Å². The van der Waals surface area contributed by atoms with Crippen LogP contribution in [0, 0.1) is 6.92 Å². The summed E-state index contributed by atoms with van der Waals surface area (Å²) in [5.41, 5.74) is 2.86. The SMILES string of the molecule is CCCCOCCC(CNCCC)c1ccccc1C. The third-order valence-corrected chi connectivity index (χ3v) is 3.70. The zero-order valence-electron chi connectivity index (χ0n) is 13.5. The van der Waals surface area contributed by atoms with Gasteiger partial charge in [-0.05, 0) is 49.8 Å². The van der Waals surface area contributed by atoms with Gasteiger partial charge in [-0.2, -0.15) is 0 Å². The van der Waals surface area contributed by atoms with Crippen molar-refractivity contribution in [1.29, 1.82) is 0 Å². The highest BCUT2D eigenvalue weighted by atomic mass is 16.5. The van der Waals surface area contributed by atoms with Gasteiger partial charge >= 0.3 is 0 Å². The number of rotatable bonds is 11. The Labute approximate surface area is 124 Å². The van der Waals surface area contributed by atoms with E-state index in [0.29, 0.717) is 5.92 Å². The number of hydrogen-bond donors (Lipinski definition) is 1. The van der Waals surface area contributed by atoms with E-state index in [1.54, 1.807) is 0 Å². The van der Waals surface area contributed by atoms with Crippen LogP contribution in [0.3, 0.4) is 0 Å². The van der Waals surface area contributed by atoms with Crippen molar-refractivity contribution >= 4 is 0 Å². The molecule has 20 heavy (non-hydrogen) atoms. The molecule has 0 saturated heterocycles. The Morgan fingerprint density at radius 2 is 1.90 bits per heavy atom. The van der Waals surface area contributed by atoms with E-state index in [4.69, 9.17) is 4.74 Å². The maximum Gasteiger partial charge on any atom is 0.0472 e. The van der Waals surface area contributed by atoms with Crippen LogP contribution >= 0.6 is 0 Å². The lowest BCUT2D eigenvalue weighted by Crippen LogP contribution is -2.24. The highest BCUT2D eigenvalue weighted by Gasteiger charge is 2.13. The molecule has 1 N–H and O–H groups in total. The lowest BCUT2D eigenvalue weighted by Gasteiger charge is -2.20. The van der Waals surface area contributed by atoms with Crippen molar-refractivity contribution in [1.82, 2.24) is 5.32 Å². The number of ether oxygens (including phenoxy) is 1. The predicted octanol–water partition coefficient (Wildman–Crippen LogP) is 4.29. The van der Waals surface area contributed by atoms with Gasteiger partial charge in [-0.1, -0.05) is 44.5 Å². The summed E-state index contributed by atoms with van der Waals surface area (Å²) >= 11 is 0. The Morgan fingerprint density at radius 1 is 1.10 bits per heavy atom. The van der Waals surface area contributed by atoms with E-state index in [-0.39, 0.29) is 0 Å². The maximum absolute atomic E-state index is 5.74. The monoisotopic (exact) mass is 277 g/mol. The van der Waals surface area contributed by atoms with Gasteiger partial charge in [0.25, 0.3) is 0 Å². The van der Waals surface area contributed by atoms with Gasteiger partial charge in [0, 0.05) is 19.8 Å². The van der Waals surface area contributed by atoms with Crippen LogP contribution in [-0.4, -0.2) is 26.3 Å². The Hall–Kier alpha value is -0.860. The highest BCUT2D eigenvalue weighted by molar-refractivity contribution is 5.29. The Morgan fingerprint density at radius 3 is 2.60 bits per heavy atom. The van der Waals surface area contributed by atoms with Crippen molar-refractivity contribution in [3.63, 3.8) is 0 Å². The van der Waals surface area contributed by atoms with Crippen LogP contribution in [0.1, 0.15) is 56.6 Å². The van der Waals surface area contributed by atoms with Crippen LogP contribution in [0.5, 0.6) is 0 Å². The van der Waals surface area contributed by atoms with Crippen molar-refractivity contribution in [2.75, 3.05) is 26.3 Å². The molecule has 0 aliphatic carbocycles. The molecule has 0 amide bonds. The second-order valence-corrected chi connectivity index (χ2v) is 5.51. The van der Waals surface area contributed by atoms with E-state index in [2.05, 4.69) is 50.4 Å². The van der Waals surface area contributed by atoms with Crippen molar-refractivity contribution < 1.29 is 4.74 Å². The molecule has 0 fully saturated rings. The first-order valence-corrected chi connectivity index (χ1v) is 8.13. The molecule has 0 radical (unpaired) electrons. The van der Waals surface area contributed by atoms with Gasteiger partial charge in [-0.15, -0.1) is 0 Å². The smallest absolute Gasteiger partial charge is 0.0472 e. The zero-order valence-corrected chi connectivity index (χ0v) is 13.5. The summed E-state index contributed by atoms with van der Waals surface area (Å²) < 4.78 is 5.74. The zero-order chi connectivity index (χ0) is 14.6. The molecule has 2 heteroatoms. The molecule has 114 valence electrons. The van der Waals surface area contributed by atoms with Gasteiger partial charge in [-0.25, -0.2) is 0 Å². The molecule has 1 aromatic rings. The van der Waals surface area contributed by atoms with Gasteiger partial charge in [0.15, 0.2) is 0 Å². The molecule has 0 aliphatic heterocycles. The lowest BCUT2D eigenvalue weighted by atomic mass is 9.92. The van der Waals surface area contributed by atoms with Crippen molar-refractivity contribution in [3.05, 3.63) is 35.4 Å². The number of nitrogens with one attached hydrogen (secondary N) is 1. The minimum absolute atomic E-state index is 0.560. The van der Waals surface area contributed by atoms with Gasteiger partial charge in [0.2, 0.25) is 0 Å². The van der Waals surface area contributed by atoms with Crippen LogP contribution in [0.4, 0.5) is 0 Å². The van der Waals surface area contributed by atoms with Gasteiger partial charge < -0.3 is 10.1 Å². The molecule has 1 atom stereocenters. The second kappa shape index (κ2) is 10.9. The maximum atomic E-state index is 5.74. The minimum Gasteiger partial charge on any atom is -0.381 e. The van der Waals surface area contributed by atoms with Crippen LogP contribution < -0.4 is 5.32 Å². The Balaban J connectivity index is 2.49. The summed E-state index contributed by atoms with van der Waals surface area (Å²) in [5, 5.41) is 3.56. The third-order valence-electron chi connectivity index (χ3n) is 3.70. The van der Waals surface area contributed by atoms with E-state index in [9.17, 15) is 0 Å². The second-order valence-electron chi connectivity index (χ2n) is 5.51. The summed E-state index contributed by atoms with van der Waals surface area (Å²) in [7, 11) is 0. The lowest BCUT2D eigenvalue weighted by molar-refractivity contribution is 0.124. The molecule has 2 nitrogen and oxygen atoms in total. The fourth-order valence-electron chi connectivity index (χ4n) is 2.44. The molecule has 1 unspecified atom stereocenters. The summed E-state index contributed by atoms with van der Waals surface area (Å²) in [6.45, 7) is 10.5. The molecule has 0 spiro atoms. The molecule has 1 aromatic carbocycles. The first-order chi connectivity index (χ1) is 9.79. The quantitative estimate of drug-likeness (QED) is 0.609. The molecule has 0 bridgehead atoms. The van der Waals surface area contributed by atoms with E-state index in [1.807, 2.05) is 0 Å². The highest BCUT2D eigenvalue weighted by Crippen LogP contribution is 2.22. The molecule has 0 heterocycles. The van der Waals surface area contributed by atoms with E-state index in [1.165, 1.54) is 30.4 Å². The topological polar surface area (TPSA) is 21.3 Å².